The summed E-state index contributed by atoms with van der Waals surface area (Å²) in [5.74, 6) is -0.0912. The second-order valence-electron chi connectivity index (χ2n) is 5.32. The molecule has 4 atom stereocenters. The van der Waals surface area contributed by atoms with E-state index in [2.05, 4.69) is 0 Å². The van der Waals surface area contributed by atoms with Crippen LogP contribution in [0.15, 0.2) is 30.3 Å². The first-order chi connectivity index (χ1) is 10.5. The molecule has 1 aromatic carbocycles. The fraction of sp³-hybridized carbons (Fsp3) is 0.538. The number of ether oxygens (including phenoxy) is 2. The van der Waals surface area contributed by atoms with Crippen molar-refractivity contribution in [2.45, 2.75) is 29.3 Å². The van der Waals surface area contributed by atoms with E-state index in [0.717, 1.165) is 0 Å². The van der Waals surface area contributed by atoms with Gasteiger partial charge >= 0.3 is 0 Å². The minimum absolute atomic E-state index is 0.00121. The molecule has 3 rings (SSSR count). The van der Waals surface area contributed by atoms with Crippen molar-refractivity contribution in [1.29, 1.82) is 0 Å². The summed E-state index contributed by atoms with van der Waals surface area (Å²) in [6, 6.07) is 8.89. The predicted molar refractivity (Wildman–Crippen MR) is 72.6 cm³/mol. The van der Waals surface area contributed by atoms with Gasteiger partial charge in [0.1, 0.15) is 23.6 Å². The highest BCUT2D eigenvalue weighted by Crippen LogP contribution is 2.33. The van der Waals surface area contributed by atoms with Crippen LogP contribution >= 0.6 is 0 Å². The highest BCUT2D eigenvalue weighted by Gasteiger charge is 2.53. The molecule has 122 valence electrons. The van der Waals surface area contributed by atoms with Gasteiger partial charge in [0.2, 0.25) is 0 Å². The molecule has 0 radical (unpaired) electrons. The van der Waals surface area contributed by atoms with E-state index in [1.807, 2.05) is 6.07 Å². The second kappa shape index (κ2) is 6.20. The van der Waals surface area contributed by atoms with Crippen molar-refractivity contribution in [3.8, 4) is 0 Å². The first-order valence-electron chi connectivity index (χ1n) is 6.81. The van der Waals surface area contributed by atoms with Gasteiger partial charge in [-0.2, -0.15) is 0 Å². The van der Waals surface area contributed by atoms with Gasteiger partial charge in [-0.15, -0.1) is 0 Å². The lowest BCUT2D eigenvalue weighted by atomic mass is 10.1. The zero-order valence-electron chi connectivity index (χ0n) is 11.6. The quantitative estimate of drug-likeness (QED) is 0.735. The van der Waals surface area contributed by atoms with Crippen molar-refractivity contribution in [2.24, 2.45) is 0 Å². The standard InChI is InChI=1S/C13H17NO7S/c15-14(16)21-10-6-19-13-11(7-20-12(10)13)22(17,18)8-9-4-2-1-3-5-9/h1-5,10-13,15-16H,6-8H2/t10-,11+,12-,13-/m1/s1. The second-order valence-corrected chi connectivity index (χ2v) is 7.54. The van der Waals surface area contributed by atoms with Crippen LogP contribution in [0.1, 0.15) is 5.56 Å². The third kappa shape index (κ3) is 3.15. The Morgan fingerprint density at radius 2 is 1.82 bits per heavy atom. The third-order valence-corrected chi connectivity index (χ3v) is 5.93. The number of hydrogen-bond acceptors (Lipinski definition) is 8. The van der Waals surface area contributed by atoms with Gasteiger partial charge in [-0.05, 0) is 5.56 Å². The summed E-state index contributed by atoms with van der Waals surface area (Å²) in [6.07, 6.45) is -2.06. The Labute approximate surface area is 127 Å². The molecule has 2 aliphatic rings. The smallest absolute Gasteiger partial charge is 0.162 e. The van der Waals surface area contributed by atoms with Gasteiger partial charge in [0.05, 0.1) is 24.4 Å². The van der Waals surface area contributed by atoms with E-state index in [9.17, 15) is 8.42 Å². The van der Waals surface area contributed by atoms with Crippen LogP contribution in [0.2, 0.25) is 0 Å². The molecular weight excluding hydrogens is 314 g/mol. The lowest BCUT2D eigenvalue weighted by Crippen LogP contribution is -2.38. The van der Waals surface area contributed by atoms with E-state index in [4.69, 9.17) is 24.7 Å². The average molecular weight is 331 g/mol. The van der Waals surface area contributed by atoms with Crippen molar-refractivity contribution >= 4 is 9.84 Å². The summed E-state index contributed by atoms with van der Waals surface area (Å²) in [5.41, 5.74) is 0.702. The van der Waals surface area contributed by atoms with Crippen LogP contribution in [0.4, 0.5) is 0 Å². The van der Waals surface area contributed by atoms with Crippen LogP contribution in [0, 0.1) is 0 Å². The molecule has 0 saturated carbocycles. The SMILES string of the molecule is O=S(=O)(Cc1ccccc1)[C@H]1CO[C@H]2[C@@H]1OC[C@H]2ON(O)O. The molecular formula is C13H17NO7S. The molecule has 2 aliphatic heterocycles. The Balaban J connectivity index is 1.71. The Morgan fingerprint density at radius 1 is 1.14 bits per heavy atom. The maximum Gasteiger partial charge on any atom is 0.162 e. The Morgan fingerprint density at radius 3 is 2.50 bits per heavy atom. The fourth-order valence-electron chi connectivity index (χ4n) is 2.86. The van der Waals surface area contributed by atoms with Crippen molar-refractivity contribution in [3.05, 3.63) is 35.9 Å². The summed E-state index contributed by atoms with van der Waals surface area (Å²) in [7, 11) is -3.46. The molecule has 1 aromatic rings. The molecule has 0 unspecified atom stereocenters. The van der Waals surface area contributed by atoms with Crippen LogP contribution in [0.3, 0.4) is 0 Å². The van der Waals surface area contributed by atoms with Gasteiger partial charge in [-0.3, -0.25) is 10.4 Å². The summed E-state index contributed by atoms with van der Waals surface area (Å²) >= 11 is 0. The lowest BCUT2D eigenvalue weighted by Gasteiger charge is -2.17. The Kier molecular flexibility index (Phi) is 4.46. The maximum absolute atomic E-state index is 12.6. The minimum atomic E-state index is -3.46. The number of sulfone groups is 1. The topological polar surface area (TPSA) is 106 Å². The third-order valence-electron chi connectivity index (χ3n) is 3.86. The molecule has 0 aromatic heterocycles. The van der Waals surface area contributed by atoms with Gasteiger partial charge in [0.15, 0.2) is 9.84 Å². The highest BCUT2D eigenvalue weighted by atomic mass is 32.2. The zero-order chi connectivity index (χ0) is 15.7. The van der Waals surface area contributed by atoms with Crippen LogP contribution < -0.4 is 0 Å². The zero-order valence-corrected chi connectivity index (χ0v) is 12.4. The summed E-state index contributed by atoms with van der Waals surface area (Å²) < 4.78 is 36.0. The van der Waals surface area contributed by atoms with Crippen molar-refractivity contribution in [3.63, 3.8) is 0 Å². The number of fused-ring (bicyclic) bond motifs is 1. The molecule has 0 spiro atoms. The fourth-order valence-corrected chi connectivity index (χ4v) is 4.66. The Hall–Kier alpha value is -1.07. The first-order valence-corrected chi connectivity index (χ1v) is 8.52. The number of hydrogen-bond donors (Lipinski definition) is 2. The molecule has 2 fully saturated rings. The summed E-state index contributed by atoms with van der Waals surface area (Å²) in [5, 5.41) is 16.2. The van der Waals surface area contributed by atoms with Crippen molar-refractivity contribution in [1.82, 2.24) is 5.39 Å². The van der Waals surface area contributed by atoms with Crippen molar-refractivity contribution in [2.75, 3.05) is 13.2 Å². The van der Waals surface area contributed by atoms with Gasteiger partial charge in [0, 0.05) is 0 Å². The van der Waals surface area contributed by atoms with Gasteiger partial charge in [-0.25, -0.2) is 13.3 Å². The molecule has 22 heavy (non-hydrogen) atoms. The number of benzene rings is 1. The van der Waals surface area contributed by atoms with E-state index >= 15 is 0 Å². The molecule has 0 bridgehead atoms. The van der Waals surface area contributed by atoms with Crippen molar-refractivity contribution < 1.29 is 33.1 Å². The molecule has 2 heterocycles. The molecule has 0 aliphatic carbocycles. The van der Waals surface area contributed by atoms with Crippen LogP contribution in [0.5, 0.6) is 0 Å². The largest absolute Gasteiger partial charge is 0.371 e. The number of rotatable bonds is 5. The summed E-state index contributed by atoms with van der Waals surface area (Å²) in [4.78, 5) is 4.70. The molecule has 8 nitrogen and oxygen atoms in total. The van der Waals surface area contributed by atoms with Crippen LogP contribution in [-0.4, -0.2) is 61.0 Å². The van der Waals surface area contributed by atoms with E-state index in [1.165, 1.54) is 0 Å². The van der Waals surface area contributed by atoms with Gasteiger partial charge in [-0.1, -0.05) is 30.3 Å². The van der Waals surface area contributed by atoms with E-state index in [1.54, 1.807) is 24.3 Å². The minimum Gasteiger partial charge on any atom is -0.371 e. The summed E-state index contributed by atoms with van der Waals surface area (Å²) in [6.45, 7) is 0.0333. The molecule has 2 N–H and O–H groups in total. The molecule has 9 heteroatoms. The lowest BCUT2D eigenvalue weighted by molar-refractivity contribution is -0.507. The Bertz CT molecular complexity index is 606. The predicted octanol–water partition coefficient (Wildman–Crippen LogP) is 0.148. The van der Waals surface area contributed by atoms with E-state index < -0.39 is 38.8 Å². The maximum atomic E-state index is 12.6. The van der Waals surface area contributed by atoms with E-state index in [-0.39, 0.29) is 19.0 Å². The molecule has 0 amide bonds. The van der Waals surface area contributed by atoms with Crippen LogP contribution in [-0.2, 0) is 29.9 Å². The van der Waals surface area contributed by atoms with Gasteiger partial charge < -0.3 is 9.47 Å². The first kappa shape index (κ1) is 15.8. The normalized spacial score (nSPS) is 31.6. The van der Waals surface area contributed by atoms with Crippen LogP contribution in [0.25, 0.3) is 0 Å². The van der Waals surface area contributed by atoms with E-state index in [0.29, 0.717) is 5.56 Å². The monoisotopic (exact) mass is 331 g/mol. The average Bonchev–Trinajstić information content (AvgIpc) is 3.02. The number of nitrogens with zero attached hydrogens (tertiary/aromatic N) is 1. The van der Waals surface area contributed by atoms with Gasteiger partial charge in [0.25, 0.3) is 0 Å². The molecule has 2 saturated heterocycles. The highest BCUT2D eigenvalue weighted by molar-refractivity contribution is 7.91.